The summed E-state index contributed by atoms with van der Waals surface area (Å²) in [6, 6.07) is 9.38. The smallest absolute Gasteiger partial charge is 0.347 e. The van der Waals surface area contributed by atoms with Gasteiger partial charge in [-0.2, -0.15) is 0 Å². The predicted molar refractivity (Wildman–Crippen MR) is 91.3 cm³/mol. The minimum atomic E-state index is -0.526. The molecular formula is C18H19BrO3. The van der Waals surface area contributed by atoms with Crippen molar-refractivity contribution in [1.82, 2.24) is 0 Å². The largest absolute Gasteiger partial charge is 0.422 e. The highest BCUT2D eigenvalue weighted by atomic mass is 79.9. The normalized spacial score (nSPS) is 10.7. The monoisotopic (exact) mass is 362 g/mol. The number of rotatable bonds is 6. The molecular weight excluding hydrogens is 344 g/mol. The van der Waals surface area contributed by atoms with Gasteiger partial charge in [0, 0.05) is 16.5 Å². The number of carbonyl (C=O) groups is 1. The van der Waals surface area contributed by atoms with Crippen LogP contribution in [0.4, 0.5) is 0 Å². The van der Waals surface area contributed by atoms with Gasteiger partial charge in [0.15, 0.2) is 5.78 Å². The lowest BCUT2D eigenvalue weighted by Gasteiger charge is -2.09. The van der Waals surface area contributed by atoms with E-state index in [0.29, 0.717) is 18.6 Å². The molecule has 0 saturated carbocycles. The van der Waals surface area contributed by atoms with Crippen LogP contribution in [0.5, 0.6) is 0 Å². The van der Waals surface area contributed by atoms with Gasteiger partial charge in [-0.15, -0.1) is 0 Å². The van der Waals surface area contributed by atoms with E-state index in [-0.39, 0.29) is 11.3 Å². The molecule has 0 unspecified atom stereocenters. The Kier molecular flexibility index (Phi) is 5.72. The average molecular weight is 363 g/mol. The fourth-order valence-corrected chi connectivity index (χ4v) is 2.67. The zero-order valence-corrected chi connectivity index (χ0v) is 14.4. The van der Waals surface area contributed by atoms with Crippen LogP contribution in [0, 0.1) is 0 Å². The first-order valence-electron chi connectivity index (χ1n) is 7.53. The van der Waals surface area contributed by atoms with Crippen LogP contribution >= 0.6 is 15.9 Å². The zero-order valence-electron chi connectivity index (χ0n) is 12.8. The van der Waals surface area contributed by atoms with E-state index < -0.39 is 5.63 Å². The number of hydrogen-bond acceptors (Lipinski definition) is 3. The highest BCUT2D eigenvalue weighted by molar-refractivity contribution is 9.10. The van der Waals surface area contributed by atoms with Gasteiger partial charge in [0.2, 0.25) is 0 Å². The molecule has 4 heteroatoms. The zero-order chi connectivity index (χ0) is 16.1. The second-order valence-corrected chi connectivity index (χ2v) is 6.14. The van der Waals surface area contributed by atoms with Gasteiger partial charge in [0.05, 0.1) is 0 Å². The van der Waals surface area contributed by atoms with Crippen molar-refractivity contribution in [3.8, 4) is 11.3 Å². The minimum Gasteiger partial charge on any atom is -0.422 e. The number of ketones is 1. The molecule has 0 atom stereocenters. The second kappa shape index (κ2) is 7.54. The first-order chi connectivity index (χ1) is 10.6. The van der Waals surface area contributed by atoms with Crippen LogP contribution in [0.25, 0.3) is 11.3 Å². The van der Waals surface area contributed by atoms with Gasteiger partial charge in [-0.3, -0.25) is 4.79 Å². The summed E-state index contributed by atoms with van der Waals surface area (Å²) in [5, 5.41) is 0. The fraction of sp³-hybridized carbons (Fsp3) is 0.333. The van der Waals surface area contributed by atoms with E-state index in [1.165, 1.54) is 0 Å². The van der Waals surface area contributed by atoms with Crippen molar-refractivity contribution in [3.05, 3.63) is 56.4 Å². The van der Waals surface area contributed by atoms with Crippen molar-refractivity contribution in [2.24, 2.45) is 0 Å². The minimum absolute atomic E-state index is 0.123. The van der Waals surface area contributed by atoms with Gasteiger partial charge in [-0.25, -0.2) is 4.79 Å². The number of halogens is 1. The summed E-state index contributed by atoms with van der Waals surface area (Å²) in [4.78, 5) is 24.5. The third kappa shape index (κ3) is 3.74. The number of Topliss-reactive ketones (excluding diaryl/α,β-unsaturated/α-hetero) is 1. The molecule has 0 aliphatic carbocycles. The quantitative estimate of drug-likeness (QED) is 0.678. The lowest BCUT2D eigenvalue weighted by atomic mass is 9.98. The maximum atomic E-state index is 12.3. The molecule has 2 aromatic rings. The molecule has 0 spiro atoms. The summed E-state index contributed by atoms with van der Waals surface area (Å²) in [5.74, 6) is 0.385. The molecule has 0 fully saturated rings. The van der Waals surface area contributed by atoms with E-state index in [2.05, 4.69) is 15.9 Å². The van der Waals surface area contributed by atoms with Crippen molar-refractivity contribution in [2.75, 3.05) is 0 Å². The summed E-state index contributed by atoms with van der Waals surface area (Å²) < 4.78 is 6.36. The number of benzene rings is 1. The van der Waals surface area contributed by atoms with E-state index in [4.69, 9.17) is 4.42 Å². The van der Waals surface area contributed by atoms with Crippen LogP contribution in [-0.4, -0.2) is 5.78 Å². The van der Waals surface area contributed by atoms with Gasteiger partial charge in [0.25, 0.3) is 0 Å². The highest BCUT2D eigenvalue weighted by Crippen LogP contribution is 2.24. The third-order valence-corrected chi connectivity index (χ3v) is 3.97. The van der Waals surface area contributed by atoms with Crippen LogP contribution in [-0.2, 0) is 6.42 Å². The Hall–Kier alpha value is -1.68. The summed E-state index contributed by atoms with van der Waals surface area (Å²) in [6.45, 7) is 3.96. The number of hydrogen-bond donors (Lipinski definition) is 0. The number of carbonyl (C=O) groups excluding carboxylic acids is 1. The Morgan fingerprint density at radius 3 is 2.41 bits per heavy atom. The van der Waals surface area contributed by atoms with Gasteiger partial charge < -0.3 is 4.42 Å². The van der Waals surface area contributed by atoms with Crippen LogP contribution < -0.4 is 5.63 Å². The topological polar surface area (TPSA) is 47.3 Å². The molecule has 2 rings (SSSR count). The lowest BCUT2D eigenvalue weighted by molar-refractivity contribution is 0.0977. The van der Waals surface area contributed by atoms with Gasteiger partial charge in [0.1, 0.15) is 11.3 Å². The van der Waals surface area contributed by atoms with Crippen molar-refractivity contribution >= 4 is 21.7 Å². The molecule has 0 N–H and O–H groups in total. The summed E-state index contributed by atoms with van der Waals surface area (Å²) in [7, 11) is 0. The maximum absolute atomic E-state index is 12.3. The van der Waals surface area contributed by atoms with Crippen LogP contribution in [0.3, 0.4) is 0 Å². The Labute approximate surface area is 138 Å². The molecule has 22 heavy (non-hydrogen) atoms. The average Bonchev–Trinajstić information content (AvgIpc) is 2.48. The molecule has 0 bridgehead atoms. The standard InChI is InChI=1S/C18H19BrO3/c1-3-5-13-11-16(12-7-9-14(19)10-8-12)22-18(21)17(13)15(20)6-4-2/h7-11H,3-6H2,1-2H3. The van der Waals surface area contributed by atoms with Crippen LogP contribution in [0.1, 0.15) is 49.0 Å². The predicted octanol–water partition coefficient (Wildman–Crippen LogP) is 5.00. The molecule has 0 amide bonds. The summed E-state index contributed by atoms with van der Waals surface area (Å²) in [5.41, 5.74) is 1.31. The molecule has 3 nitrogen and oxygen atoms in total. The van der Waals surface area contributed by atoms with Crippen LogP contribution in [0.2, 0.25) is 0 Å². The van der Waals surface area contributed by atoms with E-state index in [9.17, 15) is 9.59 Å². The van der Waals surface area contributed by atoms with Crippen molar-refractivity contribution in [2.45, 2.75) is 39.5 Å². The molecule has 0 aliphatic heterocycles. The number of aryl methyl sites for hydroxylation is 1. The maximum Gasteiger partial charge on any atom is 0.347 e. The van der Waals surface area contributed by atoms with Crippen molar-refractivity contribution in [3.63, 3.8) is 0 Å². The fourth-order valence-electron chi connectivity index (χ4n) is 2.41. The molecule has 116 valence electrons. The molecule has 0 aliphatic rings. The Balaban J connectivity index is 2.53. The highest BCUT2D eigenvalue weighted by Gasteiger charge is 2.18. The molecule has 0 saturated heterocycles. The third-order valence-electron chi connectivity index (χ3n) is 3.44. The van der Waals surface area contributed by atoms with Crippen molar-refractivity contribution < 1.29 is 9.21 Å². The first-order valence-corrected chi connectivity index (χ1v) is 8.32. The summed E-state index contributed by atoms with van der Waals surface area (Å²) >= 11 is 3.38. The Morgan fingerprint density at radius 2 is 1.82 bits per heavy atom. The molecule has 1 heterocycles. The molecule has 0 radical (unpaired) electrons. The molecule has 1 aromatic heterocycles. The van der Waals surface area contributed by atoms with Crippen molar-refractivity contribution in [1.29, 1.82) is 0 Å². The van der Waals surface area contributed by atoms with Gasteiger partial charge in [-0.05, 0) is 36.6 Å². The van der Waals surface area contributed by atoms with Gasteiger partial charge in [-0.1, -0.05) is 48.3 Å². The van der Waals surface area contributed by atoms with Gasteiger partial charge >= 0.3 is 5.63 Å². The van der Waals surface area contributed by atoms with Crippen LogP contribution in [0.15, 0.2) is 44.0 Å². The first kappa shape index (κ1) is 16.7. The SMILES string of the molecule is CCCC(=O)c1c(CCC)cc(-c2ccc(Br)cc2)oc1=O. The lowest BCUT2D eigenvalue weighted by Crippen LogP contribution is -2.17. The Morgan fingerprint density at radius 1 is 1.14 bits per heavy atom. The Bertz CT molecular complexity index is 714. The van der Waals surface area contributed by atoms with E-state index in [0.717, 1.165) is 28.4 Å². The van der Waals surface area contributed by atoms with E-state index in [1.54, 1.807) is 0 Å². The summed E-state index contributed by atoms with van der Waals surface area (Å²) in [6.07, 6.45) is 2.66. The van der Waals surface area contributed by atoms with E-state index >= 15 is 0 Å². The van der Waals surface area contributed by atoms with E-state index in [1.807, 2.05) is 44.2 Å². The second-order valence-electron chi connectivity index (χ2n) is 5.23. The molecule has 1 aromatic carbocycles.